The van der Waals surface area contributed by atoms with E-state index in [1.54, 1.807) is 18.5 Å². The molecule has 0 fully saturated rings. The highest BCUT2D eigenvalue weighted by Crippen LogP contribution is 2.44. The maximum absolute atomic E-state index is 12.3. The minimum atomic E-state index is -1.49. The van der Waals surface area contributed by atoms with Gasteiger partial charge in [-0.25, -0.2) is 4.98 Å². The van der Waals surface area contributed by atoms with E-state index >= 15 is 0 Å². The number of alkyl halides is 1. The van der Waals surface area contributed by atoms with Crippen molar-refractivity contribution >= 4 is 57.1 Å². The smallest absolute Gasteiger partial charge is 0.154 e. The average Bonchev–Trinajstić information content (AvgIpc) is 2.91. The molecule has 0 amide bonds. The van der Waals surface area contributed by atoms with E-state index in [1.807, 2.05) is 84.6 Å². The van der Waals surface area contributed by atoms with E-state index in [0.717, 1.165) is 5.69 Å². The third-order valence-electron chi connectivity index (χ3n) is 6.44. The normalized spacial score (nSPS) is 17.0. The first-order chi connectivity index (χ1) is 17.4. The molecule has 0 saturated heterocycles. The monoisotopic (exact) mass is 535 g/mol. The molecule has 2 aromatic carbocycles. The maximum atomic E-state index is 12.3. The van der Waals surface area contributed by atoms with Gasteiger partial charge < -0.3 is 10.0 Å². The zero-order valence-corrected chi connectivity index (χ0v) is 21.8. The average molecular weight is 537 g/mol. The molecule has 2 heterocycles. The lowest BCUT2D eigenvalue weighted by molar-refractivity contribution is 0.124. The number of para-hydroxylation sites is 1. The lowest BCUT2D eigenvalue weighted by Crippen LogP contribution is -2.30. The van der Waals surface area contributed by atoms with Crippen LogP contribution in [0.3, 0.4) is 0 Å². The predicted molar refractivity (Wildman–Crippen MR) is 150 cm³/mol. The third-order valence-corrected chi connectivity index (χ3v) is 7.39. The van der Waals surface area contributed by atoms with Gasteiger partial charge in [-0.15, -0.1) is 11.6 Å². The van der Waals surface area contributed by atoms with Crippen LogP contribution >= 0.6 is 34.8 Å². The molecule has 1 N–H and O–H groups in total. The predicted octanol–water partition coefficient (Wildman–Crippen LogP) is 7.82. The summed E-state index contributed by atoms with van der Waals surface area (Å²) in [5.41, 5.74) is 2.67. The Labute approximate surface area is 225 Å². The topological polar surface area (TPSA) is 49.2 Å². The molecular formula is C29H24Cl3N3O. The number of rotatable bonds is 6. The number of halogens is 3. The van der Waals surface area contributed by atoms with Gasteiger partial charge in [0, 0.05) is 35.6 Å². The maximum Gasteiger partial charge on any atom is 0.154 e. The van der Waals surface area contributed by atoms with Crippen LogP contribution in [0.5, 0.6) is 0 Å². The number of allylic oxidation sites excluding steroid dienone is 2. The molecule has 2 atom stereocenters. The number of fused-ring (bicyclic) bond motifs is 1. The Morgan fingerprint density at radius 1 is 1.06 bits per heavy atom. The van der Waals surface area contributed by atoms with Crippen LogP contribution in [-0.2, 0) is 5.60 Å². The second kappa shape index (κ2) is 10.2. The van der Waals surface area contributed by atoms with Gasteiger partial charge in [-0.05, 0) is 54.8 Å². The highest BCUT2D eigenvalue weighted by molar-refractivity contribution is 6.42. The summed E-state index contributed by atoms with van der Waals surface area (Å²) in [5.74, 6) is 0. The van der Waals surface area contributed by atoms with Gasteiger partial charge in [0.1, 0.15) is 5.60 Å². The third kappa shape index (κ3) is 4.39. The molecule has 1 aliphatic rings. The molecule has 0 saturated carbocycles. The Morgan fingerprint density at radius 3 is 2.56 bits per heavy atom. The summed E-state index contributed by atoms with van der Waals surface area (Å²) in [4.78, 5) is 10.9. The molecule has 0 aliphatic heterocycles. The van der Waals surface area contributed by atoms with Gasteiger partial charge >= 0.3 is 0 Å². The van der Waals surface area contributed by atoms with Crippen molar-refractivity contribution in [3.05, 3.63) is 118 Å². The van der Waals surface area contributed by atoms with Crippen LogP contribution in [-0.4, -0.2) is 27.0 Å². The Hall–Kier alpha value is -2.89. The second-order valence-electron chi connectivity index (χ2n) is 8.61. The number of aromatic nitrogens is 2. The summed E-state index contributed by atoms with van der Waals surface area (Å²) in [7, 11) is 0. The van der Waals surface area contributed by atoms with E-state index < -0.39 is 5.60 Å². The number of anilines is 2. The van der Waals surface area contributed by atoms with E-state index in [-0.39, 0.29) is 5.38 Å². The van der Waals surface area contributed by atoms with Gasteiger partial charge in [0.15, 0.2) is 5.15 Å². The van der Waals surface area contributed by atoms with Crippen LogP contribution in [0.15, 0.2) is 96.9 Å². The number of aliphatic hydroxyl groups is 1. The summed E-state index contributed by atoms with van der Waals surface area (Å²) < 4.78 is 0. The second-order valence-corrected chi connectivity index (χ2v) is 9.90. The largest absolute Gasteiger partial charge is 0.376 e. The lowest BCUT2D eigenvalue weighted by Gasteiger charge is -2.33. The van der Waals surface area contributed by atoms with Crippen LogP contribution < -0.4 is 4.90 Å². The molecule has 0 radical (unpaired) electrons. The standard InChI is InChI=1S/C29H24Cl3N3O/c1-2-35(23-11-4-3-5-12-23)27-26(31)24-17-20(13-14-25(24)34-28(27)32)29(36,21-9-7-15-33-18-21)19-8-6-10-22(30)16-19/h3-9,11-18,22,36H,2,10H2,1H3. The van der Waals surface area contributed by atoms with E-state index in [2.05, 4.69) is 9.97 Å². The molecule has 7 heteroatoms. The molecule has 0 spiro atoms. The van der Waals surface area contributed by atoms with E-state index in [4.69, 9.17) is 34.8 Å². The quantitative estimate of drug-likeness (QED) is 0.202. The van der Waals surface area contributed by atoms with Crippen molar-refractivity contribution in [2.24, 2.45) is 0 Å². The molecule has 2 unspecified atom stereocenters. The molecule has 36 heavy (non-hydrogen) atoms. The SMILES string of the molecule is CCN(c1ccccc1)c1c(Cl)nc2ccc(C(O)(C3=CC(Cl)CC=C3)c3cccnc3)cc2c1Cl. The van der Waals surface area contributed by atoms with Gasteiger partial charge in [-0.3, -0.25) is 4.98 Å². The Bertz CT molecular complexity index is 1460. The van der Waals surface area contributed by atoms with Crippen molar-refractivity contribution in [2.75, 3.05) is 11.4 Å². The lowest BCUT2D eigenvalue weighted by atomic mass is 9.78. The van der Waals surface area contributed by atoms with E-state index in [0.29, 0.717) is 56.4 Å². The number of hydrogen-bond acceptors (Lipinski definition) is 4. The fourth-order valence-electron chi connectivity index (χ4n) is 4.68. The van der Waals surface area contributed by atoms with Crippen molar-refractivity contribution in [2.45, 2.75) is 24.3 Å². The number of pyridine rings is 2. The molecule has 0 bridgehead atoms. The first-order valence-corrected chi connectivity index (χ1v) is 12.9. The Kier molecular flexibility index (Phi) is 7.05. The number of nitrogens with zero attached hydrogens (tertiary/aromatic N) is 3. The first-order valence-electron chi connectivity index (χ1n) is 11.7. The number of hydrogen-bond donors (Lipinski definition) is 1. The van der Waals surface area contributed by atoms with Crippen LogP contribution in [0.4, 0.5) is 11.4 Å². The van der Waals surface area contributed by atoms with Gasteiger partial charge in [-0.2, -0.15) is 0 Å². The Morgan fingerprint density at radius 2 is 1.86 bits per heavy atom. The van der Waals surface area contributed by atoms with Crippen molar-refractivity contribution in [3.63, 3.8) is 0 Å². The molecule has 1 aliphatic carbocycles. The van der Waals surface area contributed by atoms with E-state index in [9.17, 15) is 5.11 Å². The molecule has 4 aromatic rings. The van der Waals surface area contributed by atoms with Gasteiger partial charge in [0.2, 0.25) is 0 Å². The zero-order valence-electron chi connectivity index (χ0n) is 19.6. The zero-order chi connectivity index (χ0) is 25.3. The van der Waals surface area contributed by atoms with Crippen molar-refractivity contribution < 1.29 is 5.11 Å². The number of benzene rings is 2. The van der Waals surface area contributed by atoms with Crippen molar-refractivity contribution in [1.82, 2.24) is 9.97 Å². The van der Waals surface area contributed by atoms with Gasteiger partial charge in [0.25, 0.3) is 0 Å². The van der Waals surface area contributed by atoms with Crippen LogP contribution in [0, 0.1) is 0 Å². The Balaban J connectivity index is 1.73. The fraction of sp³-hybridized carbons (Fsp3) is 0.172. The minimum Gasteiger partial charge on any atom is -0.376 e. The van der Waals surface area contributed by atoms with Crippen LogP contribution in [0.2, 0.25) is 10.2 Å². The molecule has 4 nitrogen and oxygen atoms in total. The summed E-state index contributed by atoms with van der Waals surface area (Å²) in [6.45, 7) is 2.68. The van der Waals surface area contributed by atoms with Crippen LogP contribution in [0.1, 0.15) is 24.5 Å². The molecule has 5 rings (SSSR count). The summed E-state index contributed by atoms with van der Waals surface area (Å²) >= 11 is 20.2. The van der Waals surface area contributed by atoms with Crippen molar-refractivity contribution in [3.8, 4) is 0 Å². The highest BCUT2D eigenvalue weighted by atomic mass is 35.5. The van der Waals surface area contributed by atoms with Gasteiger partial charge in [0.05, 0.1) is 21.6 Å². The summed E-state index contributed by atoms with van der Waals surface area (Å²) in [6, 6.07) is 19.1. The summed E-state index contributed by atoms with van der Waals surface area (Å²) in [6.07, 6.45) is 9.82. The highest BCUT2D eigenvalue weighted by Gasteiger charge is 2.37. The molecular weight excluding hydrogens is 513 g/mol. The minimum absolute atomic E-state index is 0.215. The van der Waals surface area contributed by atoms with Gasteiger partial charge in [-0.1, -0.05) is 71.8 Å². The summed E-state index contributed by atoms with van der Waals surface area (Å²) in [5, 5.41) is 13.5. The molecule has 2 aromatic heterocycles. The van der Waals surface area contributed by atoms with Crippen molar-refractivity contribution in [1.29, 1.82) is 0 Å². The van der Waals surface area contributed by atoms with Crippen LogP contribution in [0.25, 0.3) is 10.9 Å². The first kappa shape index (κ1) is 24.8. The molecule has 182 valence electrons. The fourth-order valence-corrected chi connectivity index (χ4v) is 5.60. The van der Waals surface area contributed by atoms with E-state index in [1.165, 1.54) is 0 Å².